The molecule has 0 aliphatic carbocycles. The Bertz CT molecular complexity index is 443. The fourth-order valence-corrected chi connectivity index (χ4v) is 3.46. The van der Waals surface area contributed by atoms with Gasteiger partial charge in [-0.05, 0) is 18.6 Å². The first-order valence-corrected chi connectivity index (χ1v) is 7.06. The van der Waals surface area contributed by atoms with Crippen LogP contribution in [-0.4, -0.2) is 51.3 Å². The van der Waals surface area contributed by atoms with Crippen LogP contribution in [0.2, 0.25) is 0 Å². The highest BCUT2D eigenvalue weighted by molar-refractivity contribution is 5.52. The van der Waals surface area contributed by atoms with Gasteiger partial charge in [0.1, 0.15) is 5.75 Å². The fraction of sp³-hybridized carbons (Fsp3) is 0.600. The molecule has 0 radical (unpaired) electrons. The second-order valence-electron chi connectivity index (χ2n) is 5.87. The molecule has 0 bridgehead atoms. The number of likely N-dealkylation sites (tertiary alicyclic amines) is 1. The molecule has 1 aromatic rings. The number of nitrogens with zero attached hydrogens (tertiary/aromatic N) is 2. The molecule has 2 aliphatic heterocycles. The molecule has 2 saturated heterocycles. The Labute approximate surface area is 115 Å². The Kier molecular flexibility index (Phi) is 3.37. The molecule has 0 amide bonds. The molecule has 2 fully saturated rings. The summed E-state index contributed by atoms with van der Waals surface area (Å²) >= 11 is 0. The van der Waals surface area contributed by atoms with Crippen molar-refractivity contribution in [2.75, 3.05) is 51.3 Å². The van der Waals surface area contributed by atoms with Gasteiger partial charge in [-0.3, -0.25) is 0 Å². The maximum atomic E-state index is 5.61. The van der Waals surface area contributed by atoms with Gasteiger partial charge in [0, 0.05) is 56.4 Å². The predicted molar refractivity (Wildman–Crippen MR) is 77.8 cm³/mol. The molecule has 4 heteroatoms. The van der Waals surface area contributed by atoms with Crippen LogP contribution in [0, 0.1) is 5.41 Å². The van der Waals surface area contributed by atoms with Crippen molar-refractivity contribution in [2.45, 2.75) is 6.42 Å². The van der Waals surface area contributed by atoms with Crippen molar-refractivity contribution in [2.24, 2.45) is 11.1 Å². The highest BCUT2D eigenvalue weighted by Gasteiger charge is 2.47. The fourth-order valence-electron chi connectivity index (χ4n) is 3.46. The minimum absolute atomic E-state index is 0.512. The van der Waals surface area contributed by atoms with Crippen molar-refractivity contribution in [3.8, 4) is 5.75 Å². The van der Waals surface area contributed by atoms with Crippen LogP contribution in [-0.2, 0) is 0 Å². The van der Waals surface area contributed by atoms with E-state index < -0.39 is 0 Å². The first kappa shape index (κ1) is 12.8. The number of nitrogens with two attached hydrogens (primary N) is 1. The van der Waals surface area contributed by atoms with E-state index in [-0.39, 0.29) is 0 Å². The van der Waals surface area contributed by atoms with Crippen LogP contribution in [0.3, 0.4) is 0 Å². The summed E-state index contributed by atoms with van der Waals surface area (Å²) in [5, 5.41) is 0. The number of hydrogen-bond donors (Lipinski definition) is 1. The molecule has 4 nitrogen and oxygen atoms in total. The number of benzene rings is 1. The Hall–Kier alpha value is -1.26. The normalized spacial score (nSPS) is 21.7. The molecule has 19 heavy (non-hydrogen) atoms. The lowest BCUT2D eigenvalue weighted by atomic mass is 9.79. The van der Waals surface area contributed by atoms with Gasteiger partial charge in [0.2, 0.25) is 0 Å². The average Bonchev–Trinajstić information content (AvgIpc) is 2.84. The molecule has 104 valence electrons. The second-order valence-corrected chi connectivity index (χ2v) is 5.87. The van der Waals surface area contributed by atoms with Crippen molar-refractivity contribution in [1.29, 1.82) is 0 Å². The largest absolute Gasteiger partial charge is 0.497 e. The zero-order chi connectivity index (χ0) is 13.3. The maximum Gasteiger partial charge on any atom is 0.120 e. The first-order valence-electron chi connectivity index (χ1n) is 7.06. The van der Waals surface area contributed by atoms with Gasteiger partial charge in [-0.1, -0.05) is 6.07 Å². The molecule has 2 aliphatic rings. The van der Waals surface area contributed by atoms with Gasteiger partial charge in [-0.25, -0.2) is 0 Å². The molecular weight excluding hydrogens is 238 g/mol. The molecular formula is C15H23N3O. The minimum Gasteiger partial charge on any atom is -0.497 e. The number of hydrogen-bond acceptors (Lipinski definition) is 4. The number of methoxy groups -OCH3 is 1. The third kappa shape index (κ3) is 2.42. The summed E-state index contributed by atoms with van der Waals surface area (Å²) in [5.41, 5.74) is 7.41. The highest BCUT2D eigenvalue weighted by atomic mass is 16.5. The van der Waals surface area contributed by atoms with E-state index in [1.165, 1.54) is 31.7 Å². The lowest BCUT2D eigenvalue weighted by Gasteiger charge is -2.48. The summed E-state index contributed by atoms with van der Waals surface area (Å²) in [5.74, 6) is 0.941. The standard InChI is InChI=1S/C15H23N3O/c1-19-14-4-2-3-13(9-14)18-7-5-15(12-18)10-17(11-15)8-6-16/h2-4,9H,5-8,10-12,16H2,1H3. The van der Waals surface area contributed by atoms with Gasteiger partial charge in [0.05, 0.1) is 7.11 Å². The molecule has 1 aromatic carbocycles. The predicted octanol–water partition coefficient (Wildman–Crippen LogP) is 1.17. The molecule has 3 rings (SSSR count). The van der Waals surface area contributed by atoms with Crippen LogP contribution < -0.4 is 15.4 Å². The van der Waals surface area contributed by atoms with Crippen LogP contribution in [0.15, 0.2) is 24.3 Å². The van der Waals surface area contributed by atoms with E-state index in [1.807, 2.05) is 6.07 Å². The molecule has 0 aromatic heterocycles. The van der Waals surface area contributed by atoms with Crippen molar-refractivity contribution in [3.05, 3.63) is 24.3 Å². The van der Waals surface area contributed by atoms with E-state index in [0.717, 1.165) is 25.4 Å². The van der Waals surface area contributed by atoms with Gasteiger partial charge < -0.3 is 20.3 Å². The van der Waals surface area contributed by atoms with Crippen molar-refractivity contribution in [1.82, 2.24) is 4.90 Å². The number of ether oxygens (including phenoxy) is 1. The van der Waals surface area contributed by atoms with E-state index in [9.17, 15) is 0 Å². The minimum atomic E-state index is 0.512. The van der Waals surface area contributed by atoms with Crippen molar-refractivity contribution < 1.29 is 4.74 Å². The summed E-state index contributed by atoms with van der Waals surface area (Å²) in [6.45, 7) is 6.57. The molecule has 2 heterocycles. The summed E-state index contributed by atoms with van der Waals surface area (Å²) in [6.07, 6.45) is 1.30. The van der Waals surface area contributed by atoms with E-state index in [1.54, 1.807) is 7.11 Å². The third-order valence-electron chi connectivity index (χ3n) is 4.42. The van der Waals surface area contributed by atoms with Gasteiger partial charge in [0.15, 0.2) is 0 Å². The SMILES string of the molecule is COc1cccc(N2CCC3(CN(CCN)C3)C2)c1. The first-order chi connectivity index (χ1) is 9.24. The monoisotopic (exact) mass is 261 g/mol. The lowest BCUT2D eigenvalue weighted by Crippen LogP contribution is -2.58. The second kappa shape index (κ2) is 5.02. The van der Waals surface area contributed by atoms with Crippen LogP contribution >= 0.6 is 0 Å². The van der Waals surface area contributed by atoms with Gasteiger partial charge >= 0.3 is 0 Å². The Morgan fingerprint density at radius 1 is 1.32 bits per heavy atom. The number of anilines is 1. The van der Waals surface area contributed by atoms with E-state index in [0.29, 0.717) is 5.41 Å². The smallest absolute Gasteiger partial charge is 0.120 e. The highest BCUT2D eigenvalue weighted by Crippen LogP contribution is 2.41. The summed E-state index contributed by atoms with van der Waals surface area (Å²) in [6, 6.07) is 8.38. The quantitative estimate of drug-likeness (QED) is 0.883. The molecule has 1 spiro atoms. The van der Waals surface area contributed by atoms with Crippen molar-refractivity contribution in [3.63, 3.8) is 0 Å². The van der Waals surface area contributed by atoms with Gasteiger partial charge in [0.25, 0.3) is 0 Å². The Morgan fingerprint density at radius 3 is 2.89 bits per heavy atom. The maximum absolute atomic E-state index is 5.61. The molecule has 0 unspecified atom stereocenters. The van der Waals surface area contributed by atoms with Crippen LogP contribution in [0.1, 0.15) is 6.42 Å². The Morgan fingerprint density at radius 2 is 2.16 bits per heavy atom. The topological polar surface area (TPSA) is 41.7 Å². The van der Waals surface area contributed by atoms with Crippen LogP contribution in [0.4, 0.5) is 5.69 Å². The Balaban J connectivity index is 1.63. The zero-order valence-corrected chi connectivity index (χ0v) is 11.6. The lowest BCUT2D eigenvalue weighted by molar-refractivity contribution is 0.0213. The van der Waals surface area contributed by atoms with Crippen LogP contribution in [0.25, 0.3) is 0 Å². The molecule has 0 atom stereocenters. The average molecular weight is 261 g/mol. The van der Waals surface area contributed by atoms with E-state index in [4.69, 9.17) is 10.5 Å². The van der Waals surface area contributed by atoms with Gasteiger partial charge in [-0.2, -0.15) is 0 Å². The van der Waals surface area contributed by atoms with Gasteiger partial charge in [-0.15, -0.1) is 0 Å². The third-order valence-corrected chi connectivity index (χ3v) is 4.42. The molecule has 2 N–H and O–H groups in total. The summed E-state index contributed by atoms with van der Waals surface area (Å²) in [4.78, 5) is 4.96. The van der Waals surface area contributed by atoms with E-state index in [2.05, 4.69) is 28.0 Å². The number of rotatable bonds is 4. The summed E-state index contributed by atoms with van der Waals surface area (Å²) < 4.78 is 5.31. The zero-order valence-electron chi connectivity index (χ0n) is 11.6. The molecule has 0 saturated carbocycles. The summed E-state index contributed by atoms with van der Waals surface area (Å²) in [7, 11) is 1.72. The van der Waals surface area contributed by atoms with E-state index >= 15 is 0 Å². The van der Waals surface area contributed by atoms with Crippen molar-refractivity contribution >= 4 is 5.69 Å². The van der Waals surface area contributed by atoms with Crippen LogP contribution in [0.5, 0.6) is 5.75 Å².